The van der Waals surface area contributed by atoms with Gasteiger partial charge in [0, 0.05) is 31.5 Å². The Bertz CT molecular complexity index is 466. The normalized spacial score (nSPS) is 10.4. The van der Waals surface area contributed by atoms with Gasteiger partial charge >= 0.3 is 0 Å². The van der Waals surface area contributed by atoms with E-state index in [2.05, 4.69) is 20.3 Å². The minimum Gasteiger partial charge on any atom is -0.383 e. The van der Waals surface area contributed by atoms with Crippen molar-refractivity contribution in [2.75, 3.05) is 17.7 Å². The zero-order valence-electron chi connectivity index (χ0n) is 9.34. The summed E-state index contributed by atoms with van der Waals surface area (Å²) in [6.07, 6.45) is 3.65. The molecule has 0 bridgehead atoms. The van der Waals surface area contributed by atoms with E-state index in [0.29, 0.717) is 5.82 Å². The van der Waals surface area contributed by atoms with Crippen molar-refractivity contribution in [3.8, 4) is 0 Å². The number of pyridine rings is 1. The Kier molecular flexibility index (Phi) is 3.05. The number of rotatable bonds is 3. The van der Waals surface area contributed by atoms with Gasteiger partial charge in [-0.15, -0.1) is 0 Å². The largest absolute Gasteiger partial charge is 0.383 e. The predicted molar refractivity (Wildman–Crippen MR) is 67.6 cm³/mol. The van der Waals surface area contributed by atoms with E-state index < -0.39 is 0 Å². The molecule has 0 aliphatic heterocycles. The SMILES string of the molecule is Cc1c(N)nsc1N(C)Cc1cccnc1. The smallest absolute Gasteiger partial charge is 0.142 e. The van der Waals surface area contributed by atoms with Crippen LogP contribution in [0.3, 0.4) is 0 Å². The third-order valence-electron chi connectivity index (χ3n) is 2.42. The molecule has 0 aliphatic rings. The summed E-state index contributed by atoms with van der Waals surface area (Å²) < 4.78 is 4.14. The van der Waals surface area contributed by atoms with Gasteiger partial charge in [0.05, 0.1) is 0 Å². The van der Waals surface area contributed by atoms with E-state index in [1.54, 1.807) is 6.20 Å². The van der Waals surface area contributed by atoms with Crippen molar-refractivity contribution in [3.63, 3.8) is 0 Å². The van der Waals surface area contributed by atoms with Gasteiger partial charge in [-0.25, -0.2) is 0 Å². The van der Waals surface area contributed by atoms with E-state index in [1.165, 1.54) is 17.1 Å². The van der Waals surface area contributed by atoms with Crippen molar-refractivity contribution in [1.82, 2.24) is 9.36 Å². The van der Waals surface area contributed by atoms with Gasteiger partial charge in [-0.1, -0.05) is 6.07 Å². The van der Waals surface area contributed by atoms with Gasteiger partial charge in [0.15, 0.2) is 0 Å². The topological polar surface area (TPSA) is 55.0 Å². The van der Waals surface area contributed by atoms with E-state index in [0.717, 1.165) is 17.1 Å². The standard InChI is InChI=1S/C11H14N4S/c1-8-10(12)14-16-11(8)15(2)7-9-4-3-5-13-6-9/h3-6H,7H2,1-2H3,(H2,12,14). The number of anilines is 2. The van der Waals surface area contributed by atoms with Gasteiger partial charge in [-0.05, 0) is 30.1 Å². The fourth-order valence-electron chi connectivity index (χ4n) is 1.53. The zero-order chi connectivity index (χ0) is 11.5. The van der Waals surface area contributed by atoms with Crippen LogP contribution in [0.15, 0.2) is 24.5 Å². The molecule has 4 nitrogen and oxygen atoms in total. The first-order chi connectivity index (χ1) is 7.68. The molecule has 2 aromatic rings. The lowest BCUT2D eigenvalue weighted by atomic mass is 10.2. The lowest BCUT2D eigenvalue weighted by Gasteiger charge is -2.17. The van der Waals surface area contributed by atoms with Crippen LogP contribution in [-0.4, -0.2) is 16.4 Å². The maximum atomic E-state index is 5.73. The van der Waals surface area contributed by atoms with E-state index in [4.69, 9.17) is 5.73 Å². The van der Waals surface area contributed by atoms with Crippen LogP contribution in [0.1, 0.15) is 11.1 Å². The van der Waals surface area contributed by atoms with Gasteiger partial charge < -0.3 is 10.6 Å². The molecule has 0 aliphatic carbocycles. The van der Waals surface area contributed by atoms with Crippen LogP contribution in [0.25, 0.3) is 0 Å². The van der Waals surface area contributed by atoms with Crippen molar-refractivity contribution < 1.29 is 0 Å². The fourth-order valence-corrected chi connectivity index (χ4v) is 2.30. The summed E-state index contributed by atoms with van der Waals surface area (Å²) in [6.45, 7) is 2.81. The first kappa shape index (κ1) is 10.9. The Hall–Kier alpha value is -1.62. The number of hydrogen-bond acceptors (Lipinski definition) is 5. The highest BCUT2D eigenvalue weighted by Gasteiger charge is 2.11. The van der Waals surface area contributed by atoms with E-state index >= 15 is 0 Å². The summed E-state index contributed by atoms with van der Waals surface area (Å²) in [6, 6.07) is 4.00. The Morgan fingerprint density at radius 1 is 1.50 bits per heavy atom. The molecule has 0 aromatic carbocycles. The first-order valence-electron chi connectivity index (χ1n) is 5.00. The van der Waals surface area contributed by atoms with Crippen LogP contribution >= 0.6 is 11.5 Å². The molecule has 16 heavy (non-hydrogen) atoms. The molecule has 2 heterocycles. The molecule has 5 heteroatoms. The van der Waals surface area contributed by atoms with E-state index in [-0.39, 0.29) is 0 Å². The van der Waals surface area contributed by atoms with Crippen molar-refractivity contribution in [2.45, 2.75) is 13.5 Å². The number of nitrogen functional groups attached to an aromatic ring is 1. The highest BCUT2D eigenvalue weighted by Crippen LogP contribution is 2.29. The van der Waals surface area contributed by atoms with Crippen LogP contribution in [0.5, 0.6) is 0 Å². The summed E-state index contributed by atoms with van der Waals surface area (Å²) >= 11 is 1.43. The molecule has 0 atom stereocenters. The maximum Gasteiger partial charge on any atom is 0.142 e. The summed E-state index contributed by atoms with van der Waals surface area (Å²) in [5.41, 5.74) is 7.96. The molecule has 0 radical (unpaired) electrons. The van der Waals surface area contributed by atoms with Crippen LogP contribution in [0.2, 0.25) is 0 Å². The average Bonchev–Trinajstić information content (AvgIpc) is 2.61. The lowest BCUT2D eigenvalue weighted by Crippen LogP contribution is -2.16. The van der Waals surface area contributed by atoms with Crippen molar-refractivity contribution in [1.29, 1.82) is 0 Å². The number of hydrogen-bond donors (Lipinski definition) is 1. The van der Waals surface area contributed by atoms with Crippen molar-refractivity contribution >= 4 is 22.4 Å². The highest BCUT2D eigenvalue weighted by molar-refractivity contribution is 7.10. The molecule has 0 saturated carbocycles. The number of nitrogens with zero attached hydrogens (tertiary/aromatic N) is 3. The predicted octanol–water partition coefficient (Wildman–Crippen LogP) is 2.07. The molecule has 2 rings (SSSR count). The van der Waals surface area contributed by atoms with Gasteiger partial charge in [0.25, 0.3) is 0 Å². The number of nitrogens with two attached hydrogens (primary N) is 1. The molecule has 2 N–H and O–H groups in total. The van der Waals surface area contributed by atoms with E-state index in [1.807, 2.05) is 26.2 Å². The van der Waals surface area contributed by atoms with Crippen LogP contribution < -0.4 is 10.6 Å². The molecule has 84 valence electrons. The quantitative estimate of drug-likeness (QED) is 0.883. The monoisotopic (exact) mass is 234 g/mol. The molecule has 0 unspecified atom stereocenters. The first-order valence-corrected chi connectivity index (χ1v) is 5.77. The number of aromatic nitrogens is 2. The van der Waals surface area contributed by atoms with Crippen LogP contribution in [0.4, 0.5) is 10.8 Å². The second kappa shape index (κ2) is 4.49. The van der Waals surface area contributed by atoms with E-state index in [9.17, 15) is 0 Å². The zero-order valence-corrected chi connectivity index (χ0v) is 10.2. The Balaban J connectivity index is 2.15. The molecular weight excluding hydrogens is 220 g/mol. The van der Waals surface area contributed by atoms with Gasteiger partial charge in [0.1, 0.15) is 10.8 Å². The Morgan fingerprint density at radius 3 is 2.88 bits per heavy atom. The lowest BCUT2D eigenvalue weighted by molar-refractivity contribution is 0.922. The van der Waals surface area contributed by atoms with Gasteiger partial charge in [0.2, 0.25) is 0 Å². The van der Waals surface area contributed by atoms with Crippen molar-refractivity contribution in [2.24, 2.45) is 0 Å². The minimum atomic E-state index is 0.623. The molecule has 2 aromatic heterocycles. The summed E-state index contributed by atoms with van der Waals surface area (Å²) in [5.74, 6) is 0.623. The van der Waals surface area contributed by atoms with Gasteiger partial charge in [-0.3, -0.25) is 4.98 Å². The highest BCUT2D eigenvalue weighted by atomic mass is 32.1. The minimum absolute atomic E-state index is 0.623. The summed E-state index contributed by atoms with van der Waals surface area (Å²) in [5, 5.41) is 1.11. The Labute approximate surface area is 98.9 Å². The summed E-state index contributed by atoms with van der Waals surface area (Å²) in [4.78, 5) is 6.23. The second-order valence-electron chi connectivity index (χ2n) is 3.72. The van der Waals surface area contributed by atoms with Gasteiger partial charge in [-0.2, -0.15) is 4.37 Å². The molecule has 0 amide bonds. The molecule has 0 fully saturated rings. The second-order valence-corrected chi connectivity index (χ2v) is 4.47. The Morgan fingerprint density at radius 2 is 2.31 bits per heavy atom. The third kappa shape index (κ3) is 2.14. The third-order valence-corrected chi connectivity index (χ3v) is 3.50. The average molecular weight is 234 g/mol. The van der Waals surface area contributed by atoms with Crippen LogP contribution in [0, 0.1) is 6.92 Å². The molecule has 0 spiro atoms. The maximum absolute atomic E-state index is 5.73. The molecule has 0 saturated heterocycles. The van der Waals surface area contributed by atoms with Crippen molar-refractivity contribution in [3.05, 3.63) is 35.7 Å². The molecular formula is C11H14N4S. The van der Waals surface area contributed by atoms with Crippen LogP contribution in [-0.2, 0) is 6.54 Å². The fraction of sp³-hybridized carbons (Fsp3) is 0.273. The summed E-state index contributed by atoms with van der Waals surface area (Å²) in [7, 11) is 2.03.